The normalized spacial score (nSPS) is 10.2. The number of nitrogens with two attached hydrogens (primary N) is 1. The summed E-state index contributed by atoms with van der Waals surface area (Å²) in [7, 11) is 1.53. The van der Waals surface area contributed by atoms with Crippen LogP contribution >= 0.6 is 0 Å². The number of hydrogen-bond donors (Lipinski definition) is 2. The Bertz CT molecular complexity index is 638. The lowest BCUT2D eigenvalue weighted by molar-refractivity contribution is 0.0955. The molecule has 3 N–H and O–H groups in total. The molecule has 0 unspecified atom stereocenters. The van der Waals surface area contributed by atoms with Gasteiger partial charge in [-0.15, -0.1) is 0 Å². The SMILES string of the molecule is COc1cccc(C(=O)NCCc2cccc(C)c2)c1N. The number of anilines is 1. The van der Waals surface area contributed by atoms with E-state index in [9.17, 15) is 4.79 Å². The van der Waals surface area contributed by atoms with Crippen LogP contribution < -0.4 is 15.8 Å². The van der Waals surface area contributed by atoms with E-state index in [1.165, 1.54) is 18.2 Å². The molecule has 4 heteroatoms. The second-order valence-electron chi connectivity index (χ2n) is 4.92. The zero-order valence-corrected chi connectivity index (χ0v) is 12.3. The smallest absolute Gasteiger partial charge is 0.253 e. The van der Waals surface area contributed by atoms with Crippen molar-refractivity contribution in [3.63, 3.8) is 0 Å². The van der Waals surface area contributed by atoms with Gasteiger partial charge >= 0.3 is 0 Å². The third-order valence-corrected chi connectivity index (χ3v) is 3.31. The lowest BCUT2D eigenvalue weighted by atomic mass is 10.1. The summed E-state index contributed by atoms with van der Waals surface area (Å²) < 4.78 is 5.12. The van der Waals surface area contributed by atoms with E-state index < -0.39 is 0 Å². The Morgan fingerprint density at radius 2 is 2.00 bits per heavy atom. The van der Waals surface area contributed by atoms with Crippen molar-refractivity contribution in [1.82, 2.24) is 5.32 Å². The van der Waals surface area contributed by atoms with Gasteiger partial charge in [-0.1, -0.05) is 35.9 Å². The molecule has 4 nitrogen and oxygen atoms in total. The van der Waals surface area contributed by atoms with Crippen molar-refractivity contribution in [1.29, 1.82) is 0 Å². The molecule has 21 heavy (non-hydrogen) atoms. The molecule has 2 aromatic carbocycles. The molecule has 0 aromatic heterocycles. The van der Waals surface area contributed by atoms with E-state index in [1.807, 2.05) is 6.07 Å². The number of aryl methyl sites for hydroxylation is 1. The molecule has 0 bridgehead atoms. The molecule has 0 saturated carbocycles. The average Bonchev–Trinajstić information content (AvgIpc) is 2.47. The first-order valence-corrected chi connectivity index (χ1v) is 6.88. The molecular weight excluding hydrogens is 264 g/mol. The van der Waals surface area contributed by atoms with Gasteiger partial charge in [0.15, 0.2) is 0 Å². The molecule has 2 rings (SSSR count). The van der Waals surface area contributed by atoms with E-state index in [1.54, 1.807) is 18.2 Å². The van der Waals surface area contributed by atoms with Crippen LogP contribution in [0.5, 0.6) is 5.75 Å². The van der Waals surface area contributed by atoms with Gasteiger partial charge < -0.3 is 15.8 Å². The minimum Gasteiger partial charge on any atom is -0.495 e. The Labute approximate surface area is 124 Å². The molecule has 0 aliphatic rings. The van der Waals surface area contributed by atoms with Crippen molar-refractivity contribution >= 4 is 11.6 Å². The average molecular weight is 284 g/mol. The number of para-hydroxylation sites is 1. The van der Waals surface area contributed by atoms with Crippen LogP contribution in [0.1, 0.15) is 21.5 Å². The first kappa shape index (κ1) is 14.9. The highest BCUT2D eigenvalue weighted by Crippen LogP contribution is 2.24. The number of nitrogen functional groups attached to an aromatic ring is 1. The summed E-state index contributed by atoms with van der Waals surface area (Å²) in [6.45, 7) is 2.62. The largest absolute Gasteiger partial charge is 0.495 e. The van der Waals surface area contributed by atoms with E-state index in [-0.39, 0.29) is 5.91 Å². The molecule has 0 aliphatic carbocycles. The third-order valence-electron chi connectivity index (χ3n) is 3.31. The maximum atomic E-state index is 12.1. The highest BCUT2D eigenvalue weighted by molar-refractivity contribution is 6.00. The maximum Gasteiger partial charge on any atom is 0.253 e. The number of amides is 1. The Hall–Kier alpha value is -2.49. The second-order valence-corrected chi connectivity index (χ2v) is 4.92. The van der Waals surface area contributed by atoms with E-state index in [0.29, 0.717) is 23.5 Å². The molecule has 0 atom stereocenters. The standard InChI is InChI=1S/C17H20N2O2/c1-12-5-3-6-13(11-12)9-10-19-17(20)14-7-4-8-15(21-2)16(14)18/h3-8,11H,9-10,18H2,1-2H3,(H,19,20). The molecule has 0 aliphatic heterocycles. The van der Waals surface area contributed by atoms with Crippen LogP contribution in [0.3, 0.4) is 0 Å². The van der Waals surface area contributed by atoms with Gasteiger partial charge in [-0.3, -0.25) is 4.79 Å². The summed E-state index contributed by atoms with van der Waals surface area (Å²) in [6, 6.07) is 13.4. The van der Waals surface area contributed by atoms with Gasteiger partial charge in [-0.25, -0.2) is 0 Å². The highest BCUT2D eigenvalue weighted by atomic mass is 16.5. The van der Waals surface area contributed by atoms with Gasteiger partial charge in [0.25, 0.3) is 5.91 Å². The number of ether oxygens (including phenoxy) is 1. The Morgan fingerprint density at radius 3 is 2.71 bits per heavy atom. The van der Waals surface area contributed by atoms with E-state index in [2.05, 4.69) is 30.4 Å². The zero-order chi connectivity index (χ0) is 15.2. The predicted molar refractivity (Wildman–Crippen MR) is 84.6 cm³/mol. The topological polar surface area (TPSA) is 64.3 Å². The molecule has 0 saturated heterocycles. The second kappa shape index (κ2) is 6.79. The van der Waals surface area contributed by atoms with Crippen molar-refractivity contribution in [2.45, 2.75) is 13.3 Å². The van der Waals surface area contributed by atoms with E-state index >= 15 is 0 Å². The first-order chi connectivity index (χ1) is 10.1. The van der Waals surface area contributed by atoms with Gasteiger partial charge in [0.2, 0.25) is 0 Å². The number of methoxy groups -OCH3 is 1. The van der Waals surface area contributed by atoms with Gasteiger partial charge in [-0.05, 0) is 31.0 Å². The summed E-state index contributed by atoms with van der Waals surface area (Å²) in [4.78, 5) is 12.1. The van der Waals surface area contributed by atoms with Gasteiger partial charge in [0, 0.05) is 6.54 Å². The minimum atomic E-state index is -0.181. The summed E-state index contributed by atoms with van der Waals surface area (Å²) in [6.07, 6.45) is 0.789. The van der Waals surface area contributed by atoms with E-state index in [4.69, 9.17) is 10.5 Å². The van der Waals surface area contributed by atoms with Crippen molar-refractivity contribution in [2.24, 2.45) is 0 Å². The summed E-state index contributed by atoms with van der Waals surface area (Å²) in [5, 5.41) is 2.88. The summed E-state index contributed by atoms with van der Waals surface area (Å²) >= 11 is 0. The Kier molecular flexibility index (Phi) is 4.82. The van der Waals surface area contributed by atoms with Gasteiger partial charge in [0.05, 0.1) is 18.4 Å². The molecular formula is C17H20N2O2. The van der Waals surface area contributed by atoms with Crippen LogP contribution in [-0.4, -0.2) is 19.6 Å². The lowest BCUT2D eigenvalue weighted by Crippen LogP contribution is -2.26. The van der Waals surface area contributed by atoms with Crippen molar-refractivity contribution in [3.8, 4) is 5.75 Å². The van der Waals surface area contributed by atoms with Crippen LogP contribution in [0.2, 0.25) is 0 Å². The Morgan fingerprint density at radius 1 is 1.24 bits per heavy atom. The zero-order valence-electron chi connectivity index (χ0n) is 12.3. The fourth-order valence-corrected chi connectivity index (χ4v) is 2.20. The summed E-state index contributed by atoms with van der Waals surface area (Å²) in [5.41, 5.74) is 9.14. The maximum absolute atomic E-state index is 12.1. The monoisotopic (exact) mass is 284 g/mol. The number of carbonyl (C=O) groups excluding carboxylic acids is 1. The number of nitrogens with one attached hydrogen (secondary N) is 1. The fraction of sp³-hybridized carbons (Fsp3) is 0.235. The summed E-state index contributed by atoms with van der Waals surface area (Å²) in [5.74, 6) is 0.334. The molecule has 0 spiro atoms. The van der Waals surface area contributed by atoms with Crippen LogP contribution in [0.15, 0.2) is 42.5 Å². The molecule has 2 aromatic rings. The molecule has 1 amide bonds. The van der Waals surface area contributed by atoms with Gasteiger partial charge in [0.1, 0.15) is 5.75 Å². The third kappa shape index (κ3) is 3.75. The van der Waals surface area contributed by atoms with Crippen LogP contribution in [0.25, 0.3) is 0 Å². The fourth-order valence-electron chi connectivity index (χ4n) is 2.20. The molecule has 110 valence electrons. The first-order valence-electron chi connectivity index (χ1n) is 6.88. The minimum absolute atomic E-state index is 0.181. The molecule has 0 heterocycles. The van der Waals surface area contributed by atoms with E-state index in [0.717, 1.165) is 6.42 Å². The molecule has 0 fully saturated rings. The van der Waals surface area contributed by atoms with Gasteiger partial charge in [-0.2, -0.15) is 0 Å². The number of hydrogen-bond acceptors (Lipinski definition) is 3. The predicted octanol–water partition coefficient (Wildman–Crippen LogP) is 2.56. The van der Waals surface area contributed by atoms with Crippen molar-refractivity contribution < 1.29 is 9.53 Å². The van der Waals surface area contributed by atoms with Crippen molar-refractivity contribution in [2.75, 3.05) is 19.4 Å². The number of benzene rings is 2. The number of carbonyl (C=O) groups is 1. The molecule has 0 radical (unpaired) electrons. The lowest BCUT2D eigenvalue weighted by Gasteiger charge is -2.10. The Balaban J connectivity index is 1.96. The van der Waals surface area contributed by atoms with Crippen LogP contribution in [0.4, 0.5) is 5.69 Å². The van der Waals surface area contributed by atoms with Crippen LogP contribution in [-0.2, 0) is 6.42 Å². The number of rotatable bonds is 5. The van der Waals surface area contributed by atoms with Crippen LogP contribution in [0, 0.1) is 6.92 Å². The quantitative estimate of drug-likeness (QED) is 0.829. The van der Waals surface area contributed by atoms with Crippen molar-refractivity contribution in [3.05, 3.63) is 59.2 Å². The highest BCUT2D eigenvalue weighted by Gasteiger charge is 2.12.